The number of carbonyl (C=O) groups is 1. The van der Waals surface area contributed by atoms with Crippen LogP contribution >= 0.6 is 0 Å². The molecule has 0 aromatic heterocycles. The van der Waals surface area contributed by atoms with Crippen molar-refractivity contribution in [2.75, 3.05) is 0 Å². The van der Waals surface area contributed by atoms with E-state index >= 15 is 0 Å². The molecule has 0 bridgehead atoms. The molecule has 1 radical (unpaired) electrons. The molecule has 0 spiro atoms. The first-order chi connectivity index (χ1) is 6.04. The summed E-state index contributed by atoms with van der Waals surface area (Å²) in [5.74, 6) is 0.0255. The molecule has 0 aromatic carbocycles. The van der Waals surface area contributed by atoms with Gasteiger partial charge in [-0.25, -0.2) is 0 Å². The second-order valence-electron chi connectivity index (χ2n) is 3.26. The Labute approximate surface area is 97.0 Å². The summed E-state index contributed by atoms with van der Waals surface area (Å²) < 4.78 is 0. The Morgan fingerprint density at radius 3 is 2.14 bits per heavy atom. The van der Waals surface area contributed by atoms with Crippen molar-refractivity contribution >= 4 is 5.97 Å². The van der Waals surface area contributed by atoms with E-state index in [2.05, 4.69) is 13.8 Å². The van der Waals surface area contributed by atoms with Crippen molar-refractivity contribution in [2.45, 2.75) is 46.5 Å². The van der Waals surface area contributed by atoms with Crippen molar-refractivity contribution in [3.8, 4) is 6.07 Å². The Morgan fingerprint density at radius 1 is 1.43 bits per heavy atom. The number of hydrogen-bond donors (Lipinski definition) is 1. The summed E-state index contributed by atoms with van der Waals surface area (Å²) in [5.41, 5.74) is 0. The van der Waals surface area contributed by atoms with Crippen LogP contribution in [0.3, 0.4) is 0 Å². The van der Waals surface area contributed by atoms with Gasteiger partial charge in [0.2, 0.25) is 0 Å². The minimum Gasteiger partial charge on any atom is -0.481 e. The van der Waals surface area contributed by atoms with Gasteiger partial charge in [-0.2, -0.15) is 5.26 Å². The Hall–Kier alpha value is -0.521. The standard InChI is InChI=1S/C8H16O2.C2H3N.Mn/c1-7(2)5-3-4-6-8(9)10;1-2-3;/h7H,3-6H2,1-2H3,(H,9,10);1H3;. The van der Waals surface area contributed by atoms with Gasteiger partial charge in [0.15, 0.2) is 0 Å². The normalized spacial score (nSPS) is 7.93. The summed E-state index contributed by atoms with van der Waals surface area (Å²) in [6.07, 6.45) is 3.34. The van der Waals surface area contributed by atoms with E-state index in [0.29, 0.717) is 12.3 Å². The molecule has 0 saturated carbocycles. The quantitative estimate of drug-likeness (QED) is 0.593. The molecule has 4 heteroatoms. The molecular weight excluding hydrogens is 221 g/mol. The Morgan fingerprint density at radius 2 is 1.86 bits per heavy atom. The molecule has 1 N–H and O–H groups in total. The van der Waals surface area contributed by atoms with Gasteiger partial charge >= 0.3 is 5.97 Å². The largest absolute Gasteiger partial charge is 0.481 e. The van der Waals surface area contributed by atoms with E-state index in [9.17, 15) is 4.79 Å². The van der Waals surface area contributed by atoms with Crippen molar-refractivity contribution in [3.05, 3.63) is 0 Å². The molecule has 0 saturated heterocycles. The van der Waals surface area contributed by atoms with E-state index in [4.69, 9.17) is 10.4 Å². The first-order valence-electron chi connectivity index (χ1n) is 4.57. The number of carboxylic acids is 1. The van der Waals surface area contributed by atoms with Gasteiger partial charge < -0.3 is 5.11 Å². The predicted octanol–water partition coefficient (Wildman–Crippen LogP) is 2.81. The maximum Gasteiger partial charge on any atom is 0.303 e. The zero-order valence-electron chi connectivity index (χ0n) is 9.09. The van der Waals surface area contributed by atoms with E-state index in [1.807, 2.05) is 0 Å². The molecule has 0 fully saturated rings. The summed E-state index contributed by atoms with van der Waals surface area (Å²) in [4.78, 5) is 10.0. The number of unbranched alkanes of at least 4 members (excludes halogenated alkanes) is 1. The first-order valence-corrected chi connectivity index (χ1v) is 4.57. The Kier molecular flexibility index (Phi) is 20.4. The van der Waals surface area contributed by atoms with E-state index in [0.717, 1.165) is 19.3 Å². The third kappa shape index (κ3) is 30.0. The van der Waals surface area contributed by atoms with Crippen molar-refractivity contribution in [3.63, 3.8) is 0 Å². The number of rotatable bonds is 5. The van der Waals surface area contributed by atoms with Gasteiger partial charge in [-0.3, -0.25) is 4.79 Å². The average molecular weight is 240 g/mol. The van der Waals surface area contributed by atoms with Crippen LogP contribution in [0.15, 0.2) is 0 Å². The minimum absolute atomic E-state index is 0. The molecule has 0 rings (SSSR count). The maximum absolute atomic E-state index is 10.0. The first kappa shape index (κ1) is 19.1. The Bertz CT molecular complexity index is 164. The summed E-state index contributed by atoms with van der Waals surface area (Å²) in [5, 5.41) is 15.6. The maximum atomic E-state index is 10.0. The van der Waals surface area contributed by atoms with Gasteiger partial charge in [0, 0.05) is 30.4 Å². The predicted molar refractivity (Wildman–Crippen MR) is 52.2 cm³/mol. The third-order valence-electron chi connectivity index (χ3n) is 1.42. The van der Waals surface area contributed by atoms with Gasteiger partial charge in [-0.05, 0) is 12.3 Å². The number of carboxylic acid groups (broad SMARTS) is 1. The van der Waals surface area contributed by atoms with Gasteiger partial charge in [0.1, 0.15) is 0 Å². The fourth-order valence-electron chi connectivity index (χ4n) is 0.829. The van der Waals surface area contributed by atoms with Crippen LogP contribution in [0.5, 0.6) is 0 Å². The van der Waals surface area contributed by atoms with Crippen LogP contribution in [0.25, 0.3) is 0 Å². The molecule has 0 atom stereocenters. The molecule has 0 aliphatic heterocycles. The van der Waals surface area contributed by atoms with Gasteiger partial charge in [-0.1, -0.05) is 26.7 Å². The van der Waals surface area contributed by atoms with Crippen molar-refractivity contribution in [1.82, 2.24) is 0 Å². The molecule has 0 amide bonds. The second kappa shape index (κ2) is 15.0. The SMILES string of the molecule is CC#N.CC(C)CCCCC(=O)O.[Mn]. The summed E-state index contributed by atoms with van der Waals surface area (Å²) >= 11 is 0. The van der Waals surface area contributed by atoms with Crippen LogP contribution in [-0.2, 0) is 21.9 Å². The van der Waals surface area contributed by atoms with E-state index in [1.165, 1.54) is 6.92 Å². The second-order valence-corrected chi connectivity index (χ2v) is 3.26. The molecule has 0 unspecified atom stereocenters. The number of hydrogen-bond acceptors (Lipinski definition) is 2. The van der Waals surface area contributed by atoms with Gasteiger partial charge in [0.25, 0.3) is 0 Å². The Balaban J connectivity index is -0.000000267. The fourth-order valence-corrected chi connectivity index (χ4v) is 0.829. The van der Waals surface area contributed by atoms with Gasteiger partial charge in [0.05, 0.1) is 6.07 Å². The molecule has 3 nitrogen and oxygen atoms in total. The average Bonchev–Trinajstić information content (AvgIpc) is 1.99. The molecule has 14 heavy (non-hydrogen) atoms. The number of nitrogens with zero attached hydrogens (tertiary/aromatic N) is 1. The molecule has 0 heterocycles. The molecular formula is C10H19MnNO2. The zero-order chi connectivity index (χ0) is 10.7. The molecule has 83 valence electrons. The van der Waals surface area contributed by atoms with E-state index in [-0.39, 0.29) is 17.1 Å². The summed E-state index contributed by atoms with van der Waals surface area (Å²) in [6, 6.07) is 1.75. The van der Waals surface area contributed by atoms with Crippen LogP contribution < -0.4 is 0 Å². The fraction of sp³-hybridized carbons (Fsp3) is 0.800. The van der Waals surface area contributed by atoms with E-state index < -0.39 is 5.97 Å². The monoisotopic (exact) mass is 240 g/mol. The van der Waals surface area contributed by atoms with Crippen LogP contribution in [0.2, 0.25) is 0 Å². The van der Waals surface area contributed by atoms with E-state index in [1.54, 1.807) is 6.07 Å². The summed E-state index contributed by atoms with van der Waals surface area (Å²) in [7, 11) is 0. The zero-order valence-corrected chi connectivity index (χ0v) is 10.3. The molecule has 0 aliphatic rings. The van der Waals surface area contributed by atoms with Crippen molar-refractivity contribution in [2.24, 2.45) is 5.92 Å². The van der Waals surface area contributed by atoms with Crippen LogP contribution in [0.4, 0.5) is 0 Å². The smallest absolute Gasteiger partial charge is 0.303 e. The van der Waals surface area contributed by atoms with Gasteiger partial charge in [-0.15, -0.1) is 0 Å². The van der Waals surface area contributed by atoms with Crippen molar-refractivity contribution in [1.29, 1.82) is 5.26 Å². The van der Waals surface area contributed by atoms with Crippen LogP contribution in [0, 0.1) is 17.2 Å². The molecule has 0 aliphatic carbocycles. The summed E-state index contributed by atoms with van der Waals surface area (Å²) in [6.45, 7) is 5.74. The van der Waals surface area contributed by atoms with Crippen LogP contribution in [0.1, 0.15) is 46.5 Å². The molecule has 0 aromatic rings. The minimum atomic E-state index is -0.677. The number of nitriles is 1. The third-order valence-corrected chi connectivity index (χ3v) is 1.42. The van der Waals surface area contributed by atoms with Crippen molar-refractivity contribution < 1.29 is 27.0 Å². The topological polar surface area (TPSA) is 61.1 Å². The number of aliphatic carboxylic acids is 1. The van der Waals surface area contributed by atoms with Crippen LogP contribution in [-0.4, -0.2) is 11.1 Å².